The number of hydrogen-bond donors (Lipinski definition) is 1. The third-order valence-corrected chi connectivity index (χ3v) is 4.43. The Labute approximate surface area is 162 Å². The van der Waals surface area contributed by atoms with Crippen LogP contribution in [0.2, 0.25) is 5.02 Å². The van der Waals surface area contributed by atoms with Crippen molar-refractivity contribution >= 4 is 34.2 Å². The molecule has 0 fully saturated rings. The van der Waals surface area contributed by atoms with E-state index in [1.165, 1.54) is 0 Å². The van der Waals surface area contributed by atoms with Gasteiger partial charge in [-0.05, 0) is 43.2 Å². The Morgan fingerprint density at radius 2 is 1.96 bits per heavy atom. The number of hydrogen-bond acceptors (Lipinski definition) is 5. The number of hydrazone groups is 1. The van der Waals surface area contributed by atoms with Gasteiger partial charge >= 0.3 is 0 Å². The van der Waals surface area contributed by atoms with Crippen molar-refractivity contribution in [3.05, 3.63) is 69.5 Å². The predicted molar refractivity (Wildman–Crippen MR) is 110 cm³/mol. The first-order valence-corrected chi connectivity index (χ1v) is 9.02. The number of aromatic nitrogens is 2. The Morgan fingerprint density at radius 3 is 2.70 bits per heavy atom. The number of rotatable bonds is 7. The Balaban J connectivity index is 1.96. The van der Waals surface area contributed by atoms with E-state index in [-0.39, 0.29) is 5.56 Å². The summed E-state index contributed by atoms with van der Waals surface area (Å²) in [6.07, 6.45) is 0.699. The maximum absolute atomic E-state index is 12.9. The molecule has 1 aromatic heterocycles. The van der Waals surface area contributed by atoms with Gasteiger partial charge in [-0.3, -0.25) is 9.36 Å². The highest BCUT2D eigenvalue weighted by atomic mass is 35.5. The molecular weight excluding hydrogens is 364 g/mol. The summed E-state index contributed by atoms with van der Waals surface area (Å²) in [6.45, 7) is 2.93. The summed E-state index contributed by atoms with van der Waals surface area (Å²) in [5.74, 6) is 0.406. The second-order valence-electron chi connectivity index (χ2n) is 6.07. The van der Waals surface area contributed by atoms with E-state index in [1.807, 2.05) is 49.4 Å². The van der Waals surface area contributed by atoms with Crippen LogP contribution in [0.4, 0.5) is 5.95 Å². The van der Waals surface area contributed by atoms with Crippen molar-refractivity contribution < 1.29 is 4.74 Å². The van der Waals surface area contributed by atoms with Gasteiger partial charge in [0.15, 0.2) is 0 Å². The third-order valence-electron chi connectivity index (χ3n) is 4.18. The van der Waals surface area contributed by atoms with Crippen LogP contribution in [0, 0.1) is 0 Å². The molecule has 3 aromatic rings. The molecule has 6 nitrogen and oxygen atoms in total. The highest BCUT2D eigenvalue weighted by Crippen LogP contribution is 2.13. The first kappa shape index (κ1) is 19.1. The van der Waals surface area contributed by atoms with Gasteiger partial charge in [0.25, 0.3) is 5.56 Å². The van der Waals surface area contributed by atoms with Gasteiger partial charge in [-0.25, -0.2) is 10.4 Å². The van der Waals surface area contributed by atoms with Gasteiger partial charge in [0.1, 0.15) is 0 Å². The maximum Gasteiger partial charge on any atom is 0.262 e. The first-order valence-electron chi connectivity index (χ1n) is 8.65. The monoisotopic (exact) mass is 384 g/mol. The molecule has 0 aliphatic rings. The van der Waals surface area contributed by atoms with Crippen molar-refractivity contribution in [1.82, 2.24) is 9.55 Å². The van der Waals surface area contributed by atoms with Crippen molar-refractivity contribution in [1.29, 1.82) is 0 Å². The van der Waals surface area contributed by atoms with Gasteiger partial charge in [0, 0.05) is 25.3 Å². The topological polar surface area (TPSA) is 68.5 Å². The molecular formula is C20H21ClN4O2. The van der Waals surface area contributed by atoms with Crippen LogP contribution < -0.4 is 11.0 Å². The SMILES string of the molecule is COCCCn1c(N/N=C(/C)c2ccc(Cl)cc2)nc2ccccc2c1=O. The van der Waals surface area contributed by atoms with Crippen LogP contribution in [0.25, 0.3) is 10.9 Å². The normalized spacial score (nSPS) is 11.7. The minimum Gasteiger partial charge on any atom is -0.385 e. The van der Waals surface area contributed by atoms with E-state index in [1.54, 1.807) is 17.7 Å². The molecule has 1 N–H and O–H groups in total. The number of benzene rings is 2. The zero-order valence-corrected chi connectivity index (χ0v) is 16.0. The Hall–Kier alpha value is -2.70. The fraction of sp³-hybridized carbons (Fsp3) is 0.250. The molecule has 27 heavy (non-hydrogen) atoms. The Morgan fingerprint density at radius 1 is 1.22 bits per heavy atom. The smallest absolute Gasteiger partial charge is 0.262 e. The number of para-hydroxylation sites is 1. The number of nitrogens with one attached hydrogen (secondary N) is 1. The van der Waals surface area contributed by atoms with Gasteiger partial charge in [0.05, 0.1) is 16.6 Å². The molecule has 0 aliphatic carbocycles. The zero-order chi connectivity index (χ0) is 19.2. The van der Waals surface area contributed by atoms with Crippen LogP contribution >= 0.6 is 11.6 Å². The largest absolute Gasteiger partial charge is 0.385 e. The molecule has 1 heterocycles. The predicted octanol–water partition coefficient (Wildman–Crippen LogP) is 3.92. The van der Waals surface area contributed by atoms with E-state index in [9.17, 15) is 4.79 Å². The van der Waals surface area contributed by atoms with E-state index in [0.29, 0.717) is 41.4 Å². The van der Waals surface area contributed by atoms with Gasteiger partial charge < -0.3 is 4.74 Å². The molecule has 3 rings (SSSR count). The molecule has 0 saturated carbocycles. The average Bonchev–Trinajstić information content (AvgIpc) is 2.68. The fourth-order valence-corrected chi connectivity index (χ4v) is 2.84. The molecule has 0 aliphatic heterocycles. The van der Waals surface area contributed by atoms with Crippen molar-refractivity contribution in [3.63, 3.8) is 0 Å². The zero-order valence-electron chi connectivity index (χ0n) is 15.3. The first-order chi connectivity index (χ1) is 13.1. The van der Waals surface area contributed by atoms with E-state index >= 15 is 0 Å². The summed E-state index contributed by atoms with van der Waals surface area (Å²) in [4.78, 5) is 17.5. The summed E-state index contributed by atoms with van der Waals surface area (Å²) in [7, 11) is 1.64. The van der Waals surface area contributed by atoms with Crippen molar-refractivity contribution in [2.75, 3.05) is 19.1 Å². The van der Waals surface area contributed by atoms with Crippen LogP contribution in [-0.2, 0) is 11.3 Å². The van der Waals surface area contributed by atoms with Gasteiger partial charge in [-0.2, -0.15) is 5.10 Å². The molecule has 0 amide bonds. The number of anilines is 1. The lowest BCUT2D eigenvalue weighted by Gasteiger charge is -2.13. The molecule has 140 valence electrons. The van der Waals surface area contributed by atoms with Crippen molar-refractivity contribution in [2.45, 2.75) is 19.9 Å². The summed E-state index contributed by atoms with van der Waals surface area (Å²) in [5, 5.41) is 5.65. The van der Waals surface area contributed by atoms with Crippen molar-refractivity contribution in [2.24, 2.45) is 5.10 Å². The van der Waals surface area contributed by atoms with Gasteiger partial charge in [-0.1, -0.05) is 35.9 Å². The molecule has 0 radical (unpaired) electrons. The van der Waals surface area contributed by atoms with Crippen LogP contribution in [0.15, 0.2) is 58.4 Å². The Bertz CT molecular complexity index is 1010. The number of ether oxygens (including phenoxy) is 1. The minimum atomic E-state index is -0.0986. The lowest BCUT2D eigenvalue weighted by atomic mass is 10.1. The third kappa shape index (κ3) is 4.53. The number of methoxy groups -OCH3 is 1. The quantitative estimate of drug-likeness (QED) is 0.381. The lowest BCUT2D eigenvalue weighted by molar-refractivity contribution is 0.190. The standard InChI is InChI=1S/C20H21ClN4O2/c1-14(15-8-10-16(21)11-9-15)23-24-20-22-18-7-4-3-6-17(18)19(26)25(20)12-5-13-27-2/h3-4,6-11H,5,12-13H2,1-2H3,(H,22,24)/b23-14-. The molecule has 0 saturated heterocycles. The highest BCUT2D eigenvalue weighted by molar-refractivity contribution is 6.30. The van der Waals surface area contributed by atoms with Crippen LogP contribution in [0.3, 0.4) is 0 Å². The molecule has 2 aromatic carbocycles. The van der Waals surface area contributed by atoms with Crippen LogP contribution in [-0.4, -0.2) is 29.0 Å². The van der Waals surface area contributed by atoms with E-state index < -0.39 is 0 Å². The molecule has 0 unspecified atom stereocenters. The average molecular weight is 385 g/mol. The molecule has 0 spiro atoms. The van der Waals surface area contributed by atoms with E-state index in [0.717, 1.165) is 11.3 Å². The van der Waals surface area contributed by atoms with Gasteiger partial charge in [-0.15, -0.1) is 0 Å². The fourth-order valence-electron chi connectivity index (χ4n) is 2.72. The summed E-state index contributed by atoms with van der Waals surface area (Å²) in [5.41, 5.74) is 5.18. The summed E-state index contributed by atoms with van der Waals surface area (Å²) in [6, 6.07) is 14.7. The van der Waals surface area contributed by atoms with Gasteiger partial charge in [0.2, 0.25) is 5.95 Å². The van der Waals surface area contributed by atoms with E-state index in [4.69, 9.17) is 16.3 Å². The van der Waals surface area contributed by atoms with Crippen molar-refractivity contribution in [3.8, 4) is 0 Å². The summed E-state index contributed by atoms with van der Waals surface area (Å²) >= 11 is 5.93. The number of fused-ring (bicyclic) bond motifs is 1. The van der Waals surface area contributed by atoms with E-state index in [2.05, 4.69) is 15.5 Å². The Kier molecular flexibility index (Phi) is 6.21. The second kappa shape index (κ2) is 8.79. The summed E-state index contributed by atoms with van der Waals surface area (Å²) < 4.78 is 6.70. The molecule has 0 atom stereocenters. The molecule has 0 bridgehead atoms. The highest BCUT2D eigenvalue weighted by Gasteiger charge is 2.10. The number of nitrogens with zero attached hydrogens (tertiary/aromatic N) is 3. The maximum atomic E-state index is 12.9. The van der Waals surface area contributed by atoms with Crippen LogP contribution in [0.1, 0.15) is 18.9 Å². The minimum absolute atomic E-state index is 0.0986. The molecule has 7 heteroatoms. The second-order valence-corrected chi connectivity index (χ2v) is 6.51. The lowest BCUT2D eigenvalue weighted by Crippen LogP contribution is -2.25. The van der Waals surface area contributed by atoms with Crippen LogP contribution in [0.5, 0.6) is 0 Å². The number of halogens is 1.